The predicted octanol–water partition coefficient (Wildman–Crippen LogP) is 4.01. The van der Waals surface area contributed by atoms with E-state index in [1.54, 1.807) is 18.2 Å². The van der Waals surface area contributed by atoms with E-state index < -0.39 is 59.5 Å². The number of aliphatic hydroxyl groups is 1. The fraction of sp³-hybridized carbons (Fsp3) is 0.452. The van der Waals surface area contributed by atoms with Crippen molar-refractivity contribution < 1.29 is 29.3 Å². The molecule has 0 aliphatic carbocycles. The third kappa shape index (κ3) is 4.16. The van der Waals surface area contributed by atoms with Gasteiger partial charge in [-0.1, -0.05) is 67.1 Å². The van der Waals surface area contributed by atoms with Crippen LogP contribution in [-0.2, 0) is 25.5 Å². The molecular weight excluding hydrogens is 532 g/mol. The number of aryl methyl sites for hydroxylation is 1. The highest BCUT2D eigenvalue weighted by atomic mass is 35.5. The van der Waals surface area contributed by atoms with Crippen LogP contribution in [0.2, 0.25) is 5.02 Å². The molecule has 0 saturated carbocycles. The fourth-order valence-corrected chi connectivity index (χ4v) is 7.70. The van der Waals surface area contributed by atoms with Crippen molar-refractivity contribution in [3.8, 4) is 0 Å². The number of hydrogen-bond donors (Lipinski definition) is 2. The Kier molecular flexibility index (Phi) is 7.54. The number of carboxylic acids is 1. The van der Waals surface area contributed by atoms with Crippen molar-refractivity contribution in [2.75, 3.05) is 18.1 Å². The second-order valence-electron chi connectivity index (χ2n) is 11.1. The van der Waals surface area contributed by atoms with E-state index in [1.165, 1.54) is 9.80 Å². The number of benzene rings is 2. The highest BCUT2D eigenvalue weighted by molar-refractivity contribution is 6.34. The molecule has 3 saturated heterocycles. The van der Waals surface area contributed by atoms with Gasteiger partial charge in [0.05, 0.1) is 34.9 Å². The predicted molar refractivity (Wildman–Crippen MR) is 151 cm³/mol. The first-order valence-corrected chi connectivity index (χ1v) is 14.1. The van der Waals surface area contributed by atoms with Crippen LogP contribution < -0.4 is 4.90 Å². The molecule has 0 radical (unpaired) electrons. The minimum atomic E-state index is -1.34. The van der Waals surface area contributed by atoms with Gasteiger partial charge in [-0.25, -0.2) is 0 Å². The Hall–Kier alpha value is -3.20. The fourth-order valence-electron chi connectivity index (χ4n) is 7.37. The number of aliphatic hydroxyl groups excluding tert-OH is 1. The van der Waals surface area contributed by atoms with Crippen molar-refractivity contribution in [1.29, 1.82) is 0 Å². The number of likely N-dealkylation sites (tertiary alicyclic amines) is 1. The number of carboxylic acid groups (broad SMARTS) is 1. The van der Waals surface area contributed by atoms with E-state index in [9.17, 15) is 24.6 Å². The van der Waals surface area contributed by atoms with Gasteiger partial charge in [0.2, 0.25) is 5.91 Å². The van der Waals surface area contributed by atoms with Crippen LogP contribution in [0.5, 0.6) is 0 Å². The van der Waals surface area contributed by atoms with Crippen LogP contribution in [0.25, 0.3) is 0 Å². The second-order valence-corrected chi connectivity index (χ2v) is 11.5. The molecule has 2 bridgehead atoms. The van der Waals surface area contributed by atoms with E-state index in [0.29, 0.717) is 36.4 Å². The minimum Gasteiger partial charge on any atom is -0.481 e. The summed E-state index contributed by atoms with van der Waals surface area (Å²) in [6.07, 6.45) is 3.07. The van der Waals surface area contributed by atoms with E-state index in [0.717, 1.165) is 11.1 Å². The quantitative estimate of drug-likeness (QED) is 0.421. The van der Waals surface area contributed by atoms with Crippen molar-refractivity contribution in [1.82, 2.24) is 4.90 Å². The molecule has 40 heavy (non-hydrogen) atoms. The largest absolute Gasteiger partial charge is 0.481 e. The maximum atomic E-state index is 14.8. The summed E-state index contributed by atoms with van der Waals surface area (Å²) in [5, 5.41) is 21.3. The lowest BCUT2D eigenvalue weighted by Gasteiger charge is -2.40. The van der Waals surface area contributed by atoms with Gasteiger partial charge in [0.25, 0.3) is 5.91 Å². The van der Waals surface area contributed by atoms with Crippen LogP contribution in [0.3, 0.4) is 0 Å². The summed E-state index contributed by atoms with van der Waals surface area (Å²) in [7, 11) is 0. The molecule has 3 aliphatic rings. The van der Waals surface area contributed by atoms with Crippen LogP contribution in [0.15, 0.2) is 61.2 Å². The van der Waals surface area contributed by atoms with Crippen LogP contribution in [0, 0.1) is 18.8 Å². The molecule has 2 aromatic rings. The number of nitrogens with zero attached hydrogens (tertiary/aromatic N) is 2. The topological polar surface area (TPSA) is 107 Å². The number of fused-ring (bicyclic) bond motifs is 1. The van der Waals surface area contributed by atoms with E-state index in [4.69, 9.17) is 16.3 Å². The molecule has 9 heteroatoms. The molecule has 2 unspecified atom stereocenters. The molecule has 8 nitrogen and oxygen atoms in total. The van der Waals surface area contributed by atoms with Gasteiger partial charge in [-0.2, -0.15) is 0 Å². The molecule has 1 spiro atoms. The summed E-state index contributed by atoms with van der Waals surface area (Å²) in [6, 6.07) is 12.8. The van der Waals surface area contributed by atoms with Gasteiger partial charge in [0.15, 0.2) is 0 Å². The lowest BCUT2D eigenvalue weighted by atomic mass is 9.65. The normalized spacial score (nSPS) is 29.4. The summed E-state index contributed by atoms with van der Waals surface area (Å²) in [5.74, 6) is -4.15. The molecule has 2 N–H and O–H groups in total. The number of para-hydroxylation sites is 1. The second kappa shape index (κ2) is 10.7. The van der Waals surface area contributed by atoms with Gasteiger partial charge >= 0.3 is 5.97 Å². The number of hydrogen-bond acceptors (Lipinski definition) is 5. The summed E-state index contributed by atoms with van der Waals surface area (Å²) < 4.78 is 6.67. The van der Waals surface area contributed by atoms with Crippen molar-refractivity contribution in [3.05, 3.63) is 77.3 Å². The SMILES string of the molecule is C=CCN(C(=O)C1N([C@@H](CO)Cc2ccccc2)C(=O)[C@@H]2[C@H](C(=O)O)[C@]3(CC)CCC12O3)c1c(C)cccc1Cl. The van der Waals surface area contributed by atoms with E-state index in [2.05, 4.69) is 6.58 Å². The van der Waals surface area contributed by atoms with Gasteiger partial charge in [-0.15, -0.1) is 6.58 Å². The summed E-state index contributed by atoms with van der Waals surface area (Å²) in [4.78, 5) is 44.7. The Morgan fingerprint density at radius 3 is 2.55 bits per heavy atom. The van der Waals surface area contributed by atoms with E-state index in [-0.39, 0.29) is 6.54 Å². The Morgan fingerprint density at radius 1 is 1.23 bits per heavy atom. The van der Waals surface area contributed by atoms with Gasteiger partial charge in [-0.3, -0.25) is 14.4 Å². The molecule has 2 amide bonds. The molecular formula is C31H35ClN2O6. The zero-order chi connectivity index (χ0) is 28.8. The zero-order valence-corrected chi connectivity index (χ0v) is 23.5. The molecule has 3 fully saturated rings. The first-order chi connectivity index (χ1) is 19.2. The van der Waals surface area contributed by atoms with Crippen LogP contribution in [-0.4, -0.2) is 69.3 Å². The maximum Gasteiger partial charge on any atom is 0.310 e. The average Bonchev–Trinajstić information content (AvgIpc) is 3.55. The third-order valence-electron chi connectivity index (χ3n) is 9.07. The van der Waals surface area contributed by atoms with Crippen LogP contribution >= 0.6 is 11.6 Å². The van der Waals surface area contributed by atoms with Crippen molar-refractivity contribution in [2.45, 2.75) is 62.8 Å². The molecule has 0 aromatic heterocycles. The van der Waals surface area contributed by atoms with Gasteiger partial charge < -0.3 is 24.7 Å². The molecule has 212 valence electrons. The van der Waals surface area contributed by atoms with Gasteiger partial charge in [-0.05, 0) is 49.8 Å². The standard InChI is InChI=1S/C31H35ClN2O6/c1-4-16-33(25-19(3)10-9-13-22(25)32)28(37)26-31-15-14-30(5-2,40-31)24(29(38)39)23(31)27(36)34(26)21(18-35)17-20-11-7-6-8-12-20/h4,6-13,21,23-24,26,35H,1,5,14-18H2,2-3H3,(H,38,39)/t21-,23+,24-,26?,30+,31?/m1/s1. The van der Waals surface area contributed by atoms with Gasteiger partial charge in [0, 0.05) is 6.54 Å². The minimum absolute atomic E-state index is 0.118. The Morgan fingerprint density at radius 2 is 1.95 bits per heavy atom. The summed E-state index contributed by atoms with van der Waals surface area (Å²) >= 11 is 6.61. The van der Waals surface area contributed by atoms with Crippen molar-refractivity contribution >= 4 is 35.1 Å². The third-order valence-corrected chi connectivity index (χ3v) is 9.38. The lowest BCUT2D eigenvalue weighted by molar-refractivity contribution is -0.157. The van der Waals surface area contributed by atoms with E-state index >= 15 is 0 Å². The molecule has 5 rings (SSSR count). The number of halogens is 1. The Balaban J connectivity index is 1.67. The average molecular weight is 567 g/mol. The molecule has 3 aliphatic heterocycles. The highest BCUT2D eigenvalue weighted by Gasteiger charge is 2.79. The number of amides is 2. The molecule has 6 atom stereocenters. The summed E-state index contributed by atoms with van der Waals surface area (Å²) in [6.45, 7) is 7.26. The van der Waals surface area contributed by atoms with Crippen molar-refractivity contribution in [2.24, 2.45) is 11.8 Å². The number of anilines is 1. The maximum absolute atomic E-state index is 14.8. The number of rotatable bonds is 10. The van der Waals surface area contributed by atoms with E-state index in [1.807, 2.05) is 50.2 Å². The smallest absolute Gasteiger partial charge is 0.310 e. The lowest BCUT2D eigenvalue weighted by Crippen LogP contribution is -2.59. The molecule has 3 heterocycles. The monoisotopic (exact) mass is 566 g/mol. The zero-order valence-electron chi connectivity index (χ0n) is 22.8. The Labute approximate surface area is 239 Å². The first-order valence-electron chi connectivity index (χ1n) is 13.7. The van der Waals surface area contributed by atoms with Crippen molar-refractivity contribution in [3.63, 3.8) is 0 Å². The highest BCUT2D eigenvalue weighted by Crippen LogP contribution is 2.64. The molecule has 2 aromatic carbocycles. The van der Waals surface area contributed by atoms with Crippen LogP contribution in [0.4, 0.5) is 5.69 Å². The number of aliphatic carboxylic acids is 1. The Bertz CT molecular complexity index is 1310. The number of carbonyl (C=O) groups is 3. The number of carbonyl (C=O) groups excluding carboxylic acids is 2. The van der Waals surface area contributed by atoms with Gasteiger partial charge in [0.1, 0.15) is 17.6 Å². The first kappa shape index (κ1) is 28.3. The summed E-state index contributed by atoms with van der Waals surface area (Å²) in [5.41, 5.74) is -0.233. The van der Waals surface area contributed by atoms with Crippen LogP contribution in [0.1, 0.15) is 37.3 Å². The number of ether oxygens (including phenoxy) is 1.